The van der Waals surface area contributed by atoms with Gasteiger partial charge in [0.05, 0.1) is 0 Å². The number of carbonyl (C=O) groups is 3. The number of piperidine rings is 2. The molecule has 3 aliphatic rings. The molecule has 198 valence electrons. The number of nitrogens with one attached hydrogen (secondary N) is 3. The molecule has 10 heteroatoms. The Hall–Kier alpha value is -2.72. The Bertz CT molecular complexity index is 968. The SMILES string of the molecule is CC(C)(C)OC(=O)N1CCC(C(c2ccc(NC3CCC(=O)NC3=O)cc2F)N2CCNCC2)CC1. The molecule has 3 amide bonds. The maximum atomic E-state index is 15.6. The number of hydrogen-bond acceptors (Lipinski definition) is 7. The monoisotopic (exact) mass is 503 g/mol. The van der Waals surface area contributed by atoms with Crippen molar-refractivity contribution in [1.29, 1.82) is 0 Å². The highest BCUT2D eigenvalue weighted by atomic mass is 19.1. The van der Waals surface area contributed by atoms with E-state index in [-0.39, 0.29) is 42.1 Å². The maximum Gasteiger partial charge on any atom is 0.410 e. The van der Waals surface area contributed by atoms with Gasteiger partial charge in [0.2, 0.25) is 11.8 Å². The van der Waals surface area contributed by atoms with Gasteiger partial charge >= 0.3 is 6.09 Å². The molecule has 1 aromatic rings. The summed E-state index contributed by atoms with van der Waals surface area (Å²) in [5.74, 6) is -0.780. The number of ether oxygens (including phenoxy) is 1. The van der Waals surface area contributed by atoms with Gasteiger partial charge in [-0.1, -0.05) is 6.07 Å². The molecule has 2 unspecified atom stereocenters. The molecule has 0 spiro atoms. The van der Waals surface area contributed by atoms with E-state index in [1.807, 2.05) is 32.9 Å². The highest BCUT2D eigenvalue weighted by Crippen LogP contribution is 2.38. The van der Waals surface area contributed by atoms with Crippen LogP contribution in [0.1, 0.15) is 58.1 Å². The smallest absolute Gasteiger partial charge is 0.410 e. The second-order valence-corrected chi connectivity index (χ2v) is 10.9. The van der Waals surface area contributed by atoms with Crippen LogP contribution in [0.5, 0.6) is 0 Å². The number of benzene rings is 1. The van der Waals surface area contributed by atoms with Crippen molar-refractivity contribution in [2.75, 3.05) is 44.6 Å². The van der Waals surface area contributed by atoms with E-state index in [9.17, 15) is 14.4 Å². The zero-order valence-electron chi connectivity index (χ0n) is 21.4. The molecule has 3 N–H and O–H groups in total. The summed E-state index contributed by atoms with van der Waals surface area (Å²) in [7, 11) is 0. The largest absolute Gasteiger partial charge is 0.444 e. The third-order valence-electron chi connectivity index (χ3n) is 7.08. The van der Waals surface area contributed by atoms with Crippen molar-refractivity contribution in [2.45, 2.75) is 64.1 Å². The summed E-state index contributed by atoms with van der Waals surface area (Å²) >= 11 is 0. The number of nitrogens with zero attached hydrogens (tertiary/aromatic N) is 2. The number of carbonyl (C=O) groups excluding carboxylic acids is 3. The van der Waals surface area contributed by atoms with Crippen molar-refractivity contribution in [2.24, 2.45) is 5.92 Å². The van der Waals surface area contributed by atoms with E-state index >= 15 is 4.39 Å². The molecule has 4 rings (SSSR count). The van der Waals surface area contributed by atoms with Crippen LogP contribution < -0.4 is 16.0 Å². The molecule has 3 fully saturated rings. The van der Waals surface area contributed by atoms with Crippen LogP contribution in [0.3, 0.4) is 0 Å². The molecule has 9 nitrogen and oxygen atoms in total. The van der Waals surface area contributed by atoms with Gasteiger partial charge in [0.1, 0.15) is 17.5 Å². The summed E-state index contributed by atoms with van der Waals surface area (Å²) in [6.07, 6.45) is 1.88. The number of amides is 3. The van der Waals surface area contributed by atoms with Gasteiger partial charge in [-0.15, -0.1) is 0 Å². The molecule has 36 heavy (non-hydrogen) atoms. The first kappa shape index (κ1) is 26.3. The van der Waals surface area contributed by atoms with Gasteiger partial charge in [-0.3, -0.25) is 19.8 Å². The third-order valence-corrected chi connectivity index (χ3v) is 7.08. The van der Waals surface area contributed by atoms with E-state index in [1.54, 1.807) is 4.90 Å². The quantitative estimate of drug-likeness (QED) is 0.531. The van der Waals surface area contributed by atoms with Crippen molar-refractivity contribution < 1.29 is 23.5 Å². The number of imide groups is 1. The molecular weight excluding hydrogens is 465 g/mol. The van der Waals surface area contributed by atoms with Crippen LogP contribution in [-0.2, 0) is 14.3 Å². The molecule has 0 aliphatic carbocycles. The van der Waals surface area contributed by atoms with Gasteiger partial charge in [-0.2, -0.15) is 0 Å². The lowest BCUT2D eigenvalue weighted by molar-refractivity contribution is -0.133. The predicted octanol–water partition coefficient (Wildman–Crippen LogP) is 2.64. The van der Waals surface area contributed by atoms with Gasteiger partial charge in [0, 0.05) is 63.0 Å². The summed E-state index contributed by atoms with van der Waals surface area (Å²) in [5, 5.41) is 8.76. The zero-order chi connectivity index (χ0) is 25.9. The Labute approximate surface area is 212 Å². The predicted molar refractivity (Wildman–Crippen MR) is 134 cm³/mol. The Morgan fingerprint density at radius 1 is 1.11 bits per heavy atom. The summed E-state index contributed by atoms with van der Waals surface area (Å²) in [5.41, 5.74) is 0.621. The first-order chi connectivity index (χ1) is 17.1. The van der Waals surface area contributed by atoms with Crippen LogP contribution in [0.25, 0.3) is 0 Å². The van der Waals surface area contributed by atoms with Gasteiger partial charge < -0.3 is 20.3 Å². The van der Waals surface area contributed by atoms with E-state index in [2.05, 4.69) is 20.9 Å². The number of rotatable bonds is 5. The molecule has 2 atom stereocenters. The maximum absolute atomic E-state index is 15.6. The van der Waals surface area contributed by atoms with Crippen LogP contribution >= 0.6 is 0 Å². The average Bonchev–Trinajstić information content (AvgIpc) is 2.82. The van der Waals surface area contributed by atoms with Crippen molar-refractivity contribution in [3.63, 3.8) is 0 Å². The molecule has 0 aromatic heterocycles. The lowest BCUT2D eigenvalue weighted by Gasteiger charge is -2.43. The minimum atomic E-state index is -0.561. The van der Waals surface area contributed by atoms with Gasteiger partial charge in [-0.05, 0) is 58.1 Å². The summed E-state index contributed by atoms with van der Waals surface area (Å²) in [6, 6.07) is 4.42. The van der Waals surface area contributed by atoms with E-state index in [1.165, 1.54) is 6.07 Å². The first-order valence-electron chi connectivity index (χ1n) is 12.9. The van der Waals surface area contributed by atoms with Crippen LogP contribution in [0.4, 0.5) is 14.9 Å². The second-order valence-electron chi connectivity index (χ2n) is 10.9. The van der Waals surface area contributed by atoms with Gasteiger partial charge in [-0.25, -0.2) is 9.18 Å². The molecule has 3 saturated heterocycles. The molecule has 0 bridgehead atoms. The van der Waals surface area contributed by atoms with Crippen molar-refractivity contribution in [3.8, 4) is 0 Å². The average molecular weight is 504 g/mol. The fourth-order valence-corrected chi connectivity index (χ4v) is 5.32. The van der Waals surface area contributed by atoms with Crippen LogP contribution in [0.15, 0.2) is 18.2 Å². The van der Waals surface area contributed by atoms with Gasteiger partial charge in [0.25, 0.3) is 0 Å². The van der Waals surface area contributed by atoms with E-state index in [4.69, 9.17) is 4.74 Å². The number of anilines is 1. The Morgan fingerprint density at radius 2 is 1.81 bits per heavy atom. The Morgan fingerprint density at radius 3 is 2.42 bits per heavy atom. The van der Waals surface area contributed by atoms with E-state index < -0.39 is 11.6 Å². The van der Waals surface area contributed by atoms with Crippen LogP contribution in [0.2, 0.25) is 0 Å². The highest BCUT2D eigenvalue weighted by molar-refractivity contribution is 6.01. The normalized spacial score (nSPS) is 23.2. The summed E-state index contributed by atoms with van der Waals surface area (Å²) in [4.78, 5) is 40.1. The molecular formula is C26H38FN5O4. The molecule has 3 heterocycles. The topological polar surface area (TPSA) is 103 Å². The lowest BCUT2D eigenvalue weighted by Crippen LogP contribution is -2.49. The van der Waals surface area contributed by atoms with Crippen molar-refractivity contribution in [1.82, 2.24) is 20.4 Å². The first-order valence-corrected chi connectivity index (χ1v) is 12.9. The standard InChI is InChI=1S/C26H38FN5O4/c1-26(2,3)36-25(35)32-12-8-17(9-13-32)23(31-14-10-28-11-15-31)19-5-4-18(16-20(19)27)29-21-6-7-22(33)30-24(21)34/h4-5,16-17,21,23,28-29H,6-15H2,1-3H3,(H,30,33,34). The number of likely N-dealkylation sites (tertiary alicyclic amines) is 1. The summed E-state index contributed by atoms with van der Waals surface area (Å²) < 4.78 is 21.1. The molecule has 0 saturated carbocycles. The van der Waals surface area contributed by atoms with Crippen LogP contribution in [0, 0.1) is 11.7 Å². The van der Waals surface area contributed by atoms with E-state index in [0.29, 0.717) is 30.8 Å². The van der Waals surface area contributed by atoms with Gasteiger partial charge in [0.15, 0.2) is 0 Å². The Kier molecular flexibility index (Phi) is 8.14. The van der Waals surface area contributed by atoms with Crippen LogP contribution in [-0.4, -0.2) is 78.6 Å². The highest BCUT2D eigenvalue weighted by Gasteiger charge is 2.36. The van der Waals surface area contributed by atoms with Crippen molar-refractivity contribution in [3.05, 3.63) is 29.6 Å². The van der Waals surface area contributed by atoms with E-state index in [0.717, 1.165) is 39.0 Å². The number of halogens is 1. The molecule has 0 radical (unpaired) electrons. The third kappa shape index (κ3) is 6.53. The second kappa shape index (κ2) is 11.1. The minimum Gasteiger partial charge on any atom is -0.444 e. The zero-order valence-corrected chi connectivity index (χ0v) is 21.4. The number of piperazine rings is 1. The van der Waals surface area contributed by atoms with Crippen molar-refractivity contribution >= 4 is 23.6 Å². The minimum absolute atomic E-state index is 0.0995. The summed E-state index contributed by atoms with van der Waals surface area (Å²) in [6.45, 7) is 10.1. The molecule has 1 aromatic carbocycles. The fraction of sp³-hybridized carbons (Fsp3) is 0.654. The number of hydrogen-bond donors (Lipinski definition) is 3. The molecule has 3 aliphatic heterocycles. The fourth-order valence-electron chi connectivity index (χ4n) is 5.32. The lowest BCUT2D eigenvalue weighted by atomic mass is 9.83. The Balaban J connectivity index is 1.48.